The lowest BCUT2D eigenvalue weighted by atomic mass is 10.2. The van der Waals surface area contributed by atoms with Gasteiger partial charge in [0, 0.05) is 25.6 Å². The van der Waals surface area contributed by atoms with Gasteiger partial charge in [0.05, 0.1) is 5.56 Å². The van der Waals surface area contributed by atoms with Gasteiger partial charge >= 0.3 is 0 Å². The highest BCUT2D eigenvalue weighted by molar-refractivity contribution is 7.14. The lowest BCUT2D eigenvalue weighted by molar-refractivity contribution is -0.116. The normalized spacial score (nSPS) is 18.5. The number of amides is 1. The molecule has 1 aromatic rings. The number of nitrogens with zero attached hydrogens (tertiary/aromatic N) is 2. The Bertz CT molecular complexity index is 473. The molecule has 0 saturated carbocycles. The Labute approximate surface area is 117 Å². The summed E-state index contributed by atoms with van der Waals surface area (Å²) in [6.07, 6.45) is 1.59. The van der Waals surface area contributed by atoms with Gasteiger partial charge in [-0.15, -0.1) is 11.3 Å². The van der Waals surface area contributed by atoms with Crippen molar-refractivity contribution in [1.82, 2.24) is 10.2 Å². The van der Waals surface area contributed by atoms with E-state index in [-0.39, 0.29) is 5.91 Å². The predicted molar refractivity (Wildman–Crippen MR) is 76.2 cm³/mol. The fraction of sp³-hybridized carbons (Fsp3) is 0.538. The molecule has 1 aromatic heterocycles. The third-order valence-corrected chi connectivity index (χ3v) is 4.22. The van der Waals surface area contributed by atoms with E-state index in [1.807, 2.05) is 5.38 Å². The zero-order chi connectivity index (χ0) is 13.7. The first kappa shape index (κ1) is 14.0. The number of likely N-dealkylation sites (N-methyl/N-ethyl adjacent to an activating group) is 1. The van der Waals surface area contributed by atoms with Crippen molar-refractivity contribution in [3.05, 3.63) is 17.0 Å². The lowest BCUT2D eigenvalue weighted by Crippen LogP contribution is -2.35. The molecule has 1 aliphatic heterocycles. The standard InChI is InChI=1S/C13H18N4OS/c1-17(11-2-5-15-9-11)6-3-12(18)16-13-10(8-14)4-7-19-13/h4,7,11,15H,2-3,5-6,9H2,1H3,(H,16,18). The molecule has 1 saturated heterocycles. The van der Waals surface area contributed by atoms with E-state index in [4.69, 9.17) is 5.26 Å². The largest absolute Gasteiger partial charge is 0.317 e. The number of hydrogen-bond acceptors (Lipinski definition) is 5. The second-order valence-corrected chi connectivity index (χ2v) is 5.62. The Kier molecular flexibility index (Phi) is 4.91. The van der Waals surface area contributed by atoms with Crippen LogP contribution in [0.15, 0.2) is 11.4 Å². The maximum Gasteiger partial charge on any atom is 0.226 e. The molecule has 6 heteroatoms. The number of carbonyl (C=O) groups is 1. The molecule has 1 amide bonds. The van der Waals surface area contributed by atoms with Gasteiger partial charge < -0.3 is 15.5 Å². The highest BCUT2D eigenvalue weighted by atomic mass is 32.1. The molecular formula is C13H18N4OS. The van der Waals surface area contributed by atoms with Crippen LogP contribution in [0.25, 0.3) is 0 Å². The Morgan fingerprint density at radius 2 is 2.58 bits per heavy atom. The van der Waals surface area contributed by atoms with Crippen molar-refractivity contribution in [3.63, 3.8) is 0 Å². The van der Waals surface area contributed by atoms with Crippen molar-refractivity contribution in [3.8, 4) is 6.07 Å². The maximum absolute atomic E-state index is 11.8. The number of nitriles is 1. The van der Waals surface area contributed by atoms with Gasteiger partial charge in [0.2, 0.25) is 5.91 Å². The summed E-state index contributed by atoms with van der Waals surface area (Å²) in [5, 5.41) is 17.5. The molecule has 2 heterocycles. The van der Waals surface area contributed by atoms with Gasteiger partial charge in [0.1, 0.15) is 11.1 Å². The van der Waals surface area contributed by atoms with Crippen molar-refractivity contribution in [2.75, 3.05) is 32.0 Å². The highest BCUT2D eigenvalue weighted by Crippen LogP contribution is 2.22. The minimum atomic E-state index is -0.0308. The second kappa shape index (κ2) is 6.66. The van der Waals surface area contributed by atoms with Crippen LogP contribution in [-0.4, -0.2) is 43.5 Å². The summed E-state index contributed by atoms with van der Waals surface area (Å²) < 4.78 is 0. The minimum Gasteiger partial charge on any atom is -0.317 e. The molecule has 1 aliphatic rings. The molecule has 1 atom stereocenters. The van der Waals surface area contributed by atoms with E-state index < -0.39 is 0 Å². The van der Waals surface area contributed by atoms with Crippen LogP contribution >= 0.6 is 11.3 Å². The van der Waals surface area contributed by atoms with Crippen LogP contribution in [0.3, 0.4) is 0 Å². The molecular weight excluding hydrogens is 260 g/mol. The van der Waals surface area contributed by atoms with E-state index in [0.717, 1.165) is 26.1 Å². The molecule has 2 N–H and O–H groups in total. The van der Waals surface area contributed by atoms with Gasteiger partial charge in [-0.3, -0.25) is 4.79 Å². The quantitative estimate of drug-likeness (QED) is 0.850. The summed E-state index contributed by atoms with van der Waals surface area (Å²) in [6, 6.07) is 4.32. The summed E-state index contributed by atoms with van der Waals surface area (Å²) >= 11 is 1.38. The predicted octanol–water partition coefficient (Wildman–Crippen LogP) is 1.24. The zero-order valence-electron chi connectivity index (χ0n) is 11.0. The Balaban J connectivity index is 1.77. The van der Waals surface area contributed by atoms with Crippen molar-refractivity contribution in [2.24, 2.45) is 0 Å². The summed E-state index contributed by atoms with van der Waals surface area (Å²) in [5.41, 5.74) is 0.534. The van der Waals surface area contributed by atoms with E-state index in [9.17, 15) is 4.79 Å². The Hall–Kier alpha value is -1.42. The molecule has 2 rings (SSSR count). The van der Waals surface area contributed by atoms with Crippen molar-refractivity contribution < 1.29 is 4.79 Å². The van der Waals surface area contributed by atoms with Crippen LogP contribution in [0, 0.1) is 11.3 Å². The Morgan fingerprint density at radius 1 is 1.74 bits per heavy atom. The smallest absolute Gasteiger partial charge is 0.226 e. The topological polar surface area (TPSA) is 68.2 Å². The zero-order valence-corrected chi connectivity index (χ0v) is 11.8. The molecule has 1 unspecified atom stereocenters. The van der Waals surface area contributed by atoms with Gasteiger partial charge in [-0.05, 0) is 31.5 Å². The maximum atomic E-state index is 11.8. The fourth-order valence-electron chi connectivity index (χ4n) is 2.16. The van der Waals surface area contributed by atoms with Gasteiger partial charge in [-0.2, -0.15) is 5.26 Å². The van der Waals surface area contributed by atoms with Crippen molar-refractivity contribution >= 4 is 22.2 Å². The third kappa shape index (κ3) is 3.77. The number of thiophene rings is 1. The van der Waals surface area contributed by atoms with Crippen LogP contribution in [0.5, 0.6) is 0 Å². The fourth-order valence-corrected chi connectivity index (χ4v) is 2.91. The van der Waals surface area contributed by atoms with E-state index in [0.29, 0.717) is 23.0 Å². The molecule has 1 fully saturated rings. The molecule has 0 bridgehead atoms. The summed E-state index contributed by atoms with van der Waals surface area (Å²) in [4.78, 5) is 14.1. The number of nitrogens with one attached hydrogen (secondary N) is 2. The lowest BCUT2D eigenvalue weighted by Gasteiger charge is -2.22. The van der Waals surface area contributed by atoms with E-state index in [1.54, 1.807) is 6.07 Å². The van der Waals surface area contributed by atoms with Gasteiger partial charge in [0.25, 0.3) is 0 Å². The SMILES string of the molecule is CN(CCC(=O)Nc1sccc1C#N)C1CCNC1. The van der Waals surface area contributed by atoms with Crippen LogP contribution in [-0.2, 0) is 4.79 Å². The summed E-state index contributed by atoms with van der Waals surface area (Å²) in [5.74, 6) is -0.0308. The molecule has 102 valence electrons. The monoisotopic (exact) mass is 278 g/mol. The van der Waals surface area contributed by atoms with Crippen LogP contribution in [0.4, 0.5) is 5.00 Å². The van der Waals surface area contributed by atoms with E-state index >= 15 is 0 Å². The van der Waals surface area contributed by atoms with Crippen molar-refractivity contribution in [1.29, 1.82) is 5.26 Å². The number of rotatable bonds is 5. The molecule has 0 aromatic carbocycles. The van der Waals surface area contributed by atoms with Crippen molar-refractivity contribution in [2.45, 2.75) is 18.9 Å². The number of anilines is 1. The van der Waals surface area contributed by atoms with Crippen LogP contribution in [0.2, 0.25) is 0 Å². The number of hydrogen-bond donors (Lipinski definition) is 2. The van der Waals surface area contributed by atoms with Gasteiger partial charge in [-0.1, -0.05) is 0 Å². The van der Waals surface area contributed by atoms with Gasteiger partial charge in [-0.25, -0.2) is 0 Å². The summed E-state index contributed by atoms with van der Waals surface area (Å²) in [7, 11) is 2.05. The Morgan fingerprint density at radius 3 is 3.26 bits per heavy atom. The third-order valence-electron chi connectivity index (χ3n) is 3.39. The van der Waals surface area contributed by atoms with Crippen LogP contribution < -0.4 is 10.6 Å². The average molecular weight is 278 g/mol. The first-order valence-corrected chi connectivity index (χ1v) is 7.27. The average Bonchev–Trinajstić information content (AvgIpc) is 3.06. The second-order valence-electron chi connectivity index (χ2n) is 4.70. The first-order chi connectivity index (χ1) is 9.20. The molecule has 0 aliphatic carbocycles. The van der Waals surface area contributed by atoms with Gasteiger partial charge in [0.15, 0.2) is 0 Å². The molecule has 0 radical (unpaired) electrons. The van der Waals surface area contributed by atoms with Crippen LogP contribution in [0.1, 0.15) is 18.4 Å². The minimum absolute atomic E-state index is 0.0308. The highest BCUT2D eigenvalue weighted by Gasteiger charge is 2.19. The molecule has 19 heavy (non-hydrogen) atoms. The summed E-state index contributed by atoms with van der Waals surface area (Å²) in [6.45, 7) is 2.80. The van der Waals surface area contributed by atoms with E-state index in [1.165, 1.54) is 11.3 Å². The first-order valence-electron chi connectivity index (χ1n) is 6.39. The molecule has 0 spiro atoms. The number of carbonyl (C=O) groups excluding carboxylic acids is 1. The van der Waals surface area contributed by atoms with E-state index in [2.05, 4.69) is 28.7 Å². The molecule has 5 nitrogen and oxygen atoms in total.